The Morgan fingerprint density at radius 3 is 2.45 bits per heavy atom. The molecule has 0 aliphatic rings. The van der Waals surface area contributed by atoms with Gasteiger partial charge in [-0.15, -0.1) is 0 Å². The summed E-state index contributed by atoms with van der Waals surface area (Å²) in [7, 11) is -2.63. The van der Waals surface area contributed by atoms with Gasteiger partial charge in [-0.05, 0) is 42.0 Å². The van der Waals surface area contributed by atoms with Crippen LogP contribution in [0.1, 0.15) is 21.9 Å². The monoisotopic (exact) mass is 478 g/mol. The summed E-state index contributed by atoms with van der Waals surface area (Å²) in [5, 5.41) is 0. The van der Waals surface area contributed by atoms with E-state index in [1.807, 2.05) is 35.1 Å². The molecule has 0 spiro atoms. The second-order valence-electron chi connectivity index (χ2n) is 6.19. The summed E-state index contributed by atoms with van der Waals surface area (Å²) in [5.41, 5.74) is 0.804. The minimum absolute atomic E-state index is 0.107. The second kappa shape index (κ2) is 9.25. The van der Waals surface area contributed by atoms with Crippen LogP contribution in [0, 0.1) is 0 Å². The molecule has 1 amide bonds. The molecule has 29 heavy (non-hydrogen) atoms. The molecule has 0 bridgehead atoms. The lowest BCUT2D eigenvalue weighted by atomic mass is 10.2. The number of benzene rings is 2. The lowest BCUT2D eigenvalue weighted by molar-refractivity contribution is 0.0948. The highest BCUT2D eigenvalue weighted by molar-refractivity contribution is 9.10. The van der Waals surface area contributed by atoms with Crippen LogP contribution in [0.3, 0.4) is 0 Å². The van der Waals surface area contributed by atoms with Gasteiger partial charge in [0.25, 0.3) is 0 Å². The third kappa shape index (κ3) is 5.93. The topological polar surface area (TPSA) is 88.9 Å². The van der Waals surface area contributed by atoms with Gasteiger partial charge < -0.3 is 9.15 Å². The average Bonchev–Trinajstić information content (AvgIpc) is 3.17. The van der Waals surface area contributed by atoms with Crippen molar-refractivity contribution in [3.63, 3.8) is 0 Å². The van der Waals surface area contributed by atoms with Gasteiger partial charge in [0.1, 0.15) is 18.1 Å². The highest BCUT2D eigenvalue weighted by Crippen LogP contribution is 2.18. The molecule has 1 N–H and O–H groups in total. The number of amides is 1. The van der Waals surface area contributed by atoms with Crippen molar-refractivity contribution in [1.29, 1.82) is 0 Å². The SMILES string of the molecule is CN(Cc1ccccc1)S(=O)(=O)NC(=O)c1ccc(COc2ccc(Br)cc2)o1. The van der Waals surface area contributed by atoms with Gasteiger partial charge in [0.2, 0.25) is 0 Å². The quantitative estimate of drug-likeness (QED) is 0.532. The largest absolute Gasteiger partial charge is 0.486 e. The second-order valence-corrected chi connectivity index (χ2v) is 8.88. The highest BCUT2D eigenvalue weighted by Gasteiger charge is 2.23. The summed E-state index contributed by atoms with van der Waals surface area (Å²) in [5.74, 6) is 0.0738. The first-order chi connectivity index (χ1) is 13.8. The predicted octanol–water partition coefficient (Wildman–Crippen LogP) is 3.73. The zero-order valence-corrected chi connectivity index (χ0v) is 17.9. The average molecular weight is 479 g/mol. The first-order valence-electron chi connectivity index (χ1n) is 8.63. The summed E-state index contributed by atoms with van der Waals surface area (Å²) in [6.07, 6.45) is 0. The number of carbonyl (C=O) groups is 1. The minimum Gasteiger partial charge on any atom is -0.486 e. The summed E-state index contributed by atoms with van der Waals surface area (Å²) in [6, 6.07) is 19.3. The van der Waals surface area contributed by atoms with Crippen molar-refractivity contribution in [3.8, 4) is 5.75 Å². The number of carbonyl (C=O) groups excluding carboxylic acids is 1. The Hall–Kier alpha value is -2.62. The van der Waals surface area contributed by atoms with Gasteiger partial charge >= 0.3 is 16.1 Å². The number of nitrogens with one attached hydrogen (secondary N) is 1. The number of nitrogens with zero attached hydrogens (tertiary/aromatic N) is 1. The maximum absolute atomic E-state index is 12.4. The Balaban J connectivity index is 1.58. The fraction of sp³-hybridized carbons (Fsp3) is 0.150. The molecule has 0 radical (unpaired) electrons. The highest BCUT2D eigenvalue weighted by atomic mass is 79.9. The zero-order chi connectivity index (χ0) is 20.9. The fourth-order valence-electron chi connectivity index (χ4n) is 2.43. The van der Waals surface area contributed by atoms with E-state index in [0.29, 0.717) is 11.5 Å². The molecule has 0 aliphatic heterocycles. The van der Waals surface area contributed by atoms with Crippen molar-refractivity contribution >= 4 is 32.0 Å². The molecule has 2 aromatic carbocycles. The van der Waals surface area contributed by atoms with Crippen molar-refractivity contribution in [3.05, 3.63) is 88.3 Å². The minimum atomic E-state index is -4.02. The molecule has 0 saturated carbocycles. The van der Waals surface area contributed by atoms with E-state index in [1.54, 1.807) is 30.3 Å². The van der Waals surface area contributed by atoms with Crippen molar-refractivity contribution in [1.82, 2.24) is 9.03 Å². The van der Waals surface area contributed by atoms with Gasteiger partial charge in [0.15, 0.2) is 5.76 Å². The lowest BCUT2D eigenvalue weighted by Gasteiger charge is -2.17. The van der Waals surface area contributed by atoms with Crippen LogP contribution in [-0.4, -0.2) is 25.7 Å². The van der Waals surface area contributed by atoms with Gasteiger partial charge in [-0.2, -0.15) is 12.7 Å². The van der Waals surface area contributed by atoms with E-state index in [1.165, 1.54) is 13.1 Å². The Morgan fingerprint density at radius 1 is 1.07 bits per heavy atom. The zero-order valence-electron chi connectivity index (χ0n) is 15.5. The first kappa shape index (κ1) is 21.1. The summed E-state index contributed by atoms with van der Waals surface area (Å²) >= 11 is 3.34. The molecule has 1 aromatic heterocycles. The van der Waals surface area contributed by atoms with E-state index in [4.69, 9.17) is 9.15 Å². The van der Waals surface area contributed by atoms with Crippen LogP contribution >= 0.6 is 15.9 Å². The number of furan rings is 1. The Morgan fingerprint density at radius 2 is 1.76 bits per heavy atom. The van der Waals surface area contributed by atoms with Crippen molar-refractivity contribution < 1.29 is 22.4 Å². The van der Waals surface area contributed by atoms with Crippen LogP contribution in [0.25, 0.3) is 0 Å². The first-order valence-corrected chi connectivity index (χ1v) is 10.9. The molecule has 0 atom stereocenters. The van der Waals surface area contributed by atoms with E-state index in [2.05, 4.69) is 15.9 Å². The third-order valence-electron chi connectivity index (χ3n) is 3.96. The van der Waals surface area contributed by atoms with Crippen molar-refractivity contribution in [2.75, 3.05) is 7.05 Å². The molecular formula is C20H19BrN2O5S. The molecule has 0 saturated heterocycles. The molecule has 152 valence electrons. The number of ether oxygens (including phenoxy) is 1. The van der Waals surface area contributed by atoms with Crippen LogP contribution < -0.4 is 9.46 Å². The smallest absolute Gasteiger partial charge is 0.304 e. The number of rotatable bonds is 8. The normalized spacial score (nSPS) is 11.4. The van der Waals surface area contributed by atoms with E-state index in [0.717, 1.165) is 14.3 Å². The van der Waals surface area contributed by atoms with E-state index in [-0.39, 0.29) is 18.9 Å². The number of halogens is 1. The summed E-state index contributed by atoms with van der Waals surface area (Å²) in [6.45, 7) is 0.240. The van der Waals surface area contributed by atoms with E-state index < -0.39 is 16.1 Å². The molecule has 0 aliphatic carbocycles. The standard InChI is InChI=1S/C20H19BrN2O5S/c1-23(13-15-5-3-2-4-6-15)29(25,26)22-20(24)19-12-11-18(28-19)14-27-17-9-7-16(21)8-10-17/h2-12H,13-14H2,1H3,(H,22,24). The van der Waals surface area contributed by atoms with Gasteiger partial charge in [0.05, 0.1) is 0 Å². The maximum atomic E-state index is 12.4. The van der Waals surface area contributed by atoms with Crippen LogP contribution in [0.5, 0.6) is 5.75 Å². The fourth-order valence-corrected chi connectivity index (χ4v) is 3.51. The van der Waals surface area contributed by atoms with E-state index in [9.17, 15) is 13.2 Å². The predicted molar refractivity (Wildman–Crippen MR) is 111 cm³/mol. The Labute approximate surface area is 177 Å². The molecular weight excluding hydrogens is 460 g/mol. The van der Waals surface area contributed by atoms with Crippen LogP contribution in [0.15, 0.2) is 75.6 Å². The summed E-state index contributed by atoms with van der Waals surface area (Å²) in [4.78, 5) is 12.3. The molecule has 7 nitrogen and oxygen atoms in total. The maximum Gasteiger partial charge on any atom is 0.304 e. The molecule has 0 unspecified atom stereocenters. The van der Waals surface area contributed by atoms with Crippen LogP contribution in [-0.2, 0) is 23.4 Å². The molecule has 1 heterocycles. The van der Waals surface area contributed by atoms with Crippen molar-refractivity contribution in [2.45, 2.75) is 13.2 Å². The van der Waals surface area contributed by atoms with Gasteiger partial charge in [-0.25, -0.2) is 4.72 Å². The van der Waals surface area contributed by atoms with Crippen LogP contribution in [0.4, 0.5) is 0 Å². The van der Waals surface area contributed by atoms with E-state index >= 15 is 0 Å². The Kier molecular flexibility index (Phi) is 6.73. The third-order valence-corrected chi connectivity index (χ3v) is 5.88. The van der Waals surface area contributed by atoms with Gasteiger partial charge in [-0.3, -0.25) is 4.79 Å². The summed E-state index contributed by atoms with van der Waals surface area (Å²) < 4.78 is 39.7. The Bertz CT molecular complexity index is 1070. The number of hydrogen-bond donors (Lipinski definition) is 1. The molecule has 9 heteroatoms. The van der Waals surface area contributed by atoms with Crippen LogP contribution in [0.2, 0.25) is 0 Å². The number of hydrogen-bond acceptors (Lipinski definition) is 5. The molecule has 0 fully saturated rings. The van der Waals surface area contributed by atoms with Gasteiger partial charge in [-0.1, -0.05) is 46.3 Å². The lowest BCUT2D eigenvalue weighted by Crippen LogP contribution is -2.41. The van der Waals surface area contributed by atoms with Gasteiger partial charge in [0, 0.05) is 18.1 Å². The van der Waals surface area contributed by atoms with Crippen molar-refractivity contribution in [2.24, 2.45) is 0 Å². The molecule has 3 aromatic rings. The molecule has 3 rings (SSSR count).